The third-order valence-corrected chi connectivity index (χ3v) is 3.46. The predicted octanol–water partition coefficient (Wildman–Crippen LogP) is 1.18. The molecule has 9 heteroatoms. The number of amides is 1. The van der Waals surface area contributed by atoms with Gasteiger partial charge in [-0.05, 0) is 12.1 Å². The van der Waals surface area contributed by atoms with Crippen molar-refractivity contribution in [3.63, 3.8) is 0 Å². The lowest BCUT2D eigenvalue weighted by molar-refractivity contribution is 0.132. The second kappa shape index (κ2) is 6.18. The van der Waals surface area contributed by atoms with Crippen LogP contribution in [-0.2, 0) is 11.3 Å². The Morgan fingerprint density at radius 2 is 2.14 bits per heavy atom. The summed E-state index contributed by atoms with van der Waals surface area (Å²) in [6.45, 7) is 0.0563. The first-order valence-corrected chi connectivity index (χ1v) is 6.64. The van der Waals surface area contributed by atoms with E-state index in [1.54, 1.807) is 0 Å². The second-order valence-electron chi connectivity index (χ2n) is 4.59. The van der Waals surface area contributed by atoms with E-state index >= 15 is 0 Å². The number of ether oxygens (including phenoxy) is 1. The highest BCUT2D eigenvalue weighted by molar-refractivity contribution is 6.31. The van der Waals surface area contributed by atoms with Crippen LogP contribution in [0.1, 0.15) is 0 Å². The number of nitrogens with one attached hydrogen (secondary N) is 1. The number of H-pyrrole nitrogens is 1. The van der Waals surface area contributed by atoms with Gasteiger partial charge in [-0.3, -0.25) is 9.36 Å². The van der Waals surface area contributed by atoms with Crippen molar-refractivity contribution in [2.24, 2.45) is 0 Å². The van der Waals surface area contributed by atoms with E-state index in [9.17, 15) is 18.8 Å². The van der Waals surface area contributed by atoms with Gasteiger partial charge in [0.15, 0.2) is 0 Å². The van der Waals surface area contributed by atoms with E-state index in [0.717, 1.165) is 16.7 Å². The number of likely N-dealkylation sites (N-methyl/N-ethyl adjacent to an activating group) is 1. The fourth-order valence-corrected chi connectivity index (χ4v) is 2.11. The summed E-state index contributed by atoms with van der Waals surface area (Å²) in [7, 11) is 2.70. The number of aromatic nitrogens is 2. The predicted molar refractivity (Wildman–Crippen MR) is 78.8 cm³/mol. The summed E-state index contributed by atoms with van der Waals surface area (Å²) < 4.78 is 18.8. The van der Waals surface area contributed by atoms with Gasteiger partial charge in [-0.1, -0.05) is 11.6 Å². The third-order valence-electron chi connectivity index (χ3n) is 3.17. The molecule has 0 bridgehead atoms. The number of rotatable bonds is 3. The zero-order chi connectivity index (χ0) is 16.4. The van der Waals surface area contributed by atoms with Gasteiger partial charge < -0.3 is 14.6 Å². The SMILES string of the molecule is COC(=O)N(C)CCn1c(=O)[nH]c2cc(F)c(Cl)cc2c1=O. The minimum Gasteiger partial charge on any atom is -0.453 e. The van der Waals surface area contributed by atoms with E-state index in [-0.39, 0.29) is 29.0 Å². The van der Waals surface area contributed by atoms with Gasteiger partial charge in [0.2, 0.25) is 0 Å². The van der Waals surface area contributed by atoms with Crippen LogP contribution in [0.3, 0.4) is 0 Å². The lowest BCUT2D eigenvalue weighted by Crippen LogP contribution is -2.39. The molecule has 7 nitrogen and oxygen atoms in total. The normalized spacial score (nSPS) is 10.7. The molecule has 0 fully saturated rings. The monoisotopic (exact) mass is 329 g/mol. The number of fused-ring (bicyclic) bond motifs is 1. The van der Waals surface area contributed by atoms with E-state index in [4.69, 9.17) is 11.6 Å². The van der Waals surface area contributed by atoms with Crippen molar-refractivity contribution in [3.8, 4) is 0 Å². The van der Waals surface area contributed by atoms with Crippen LogP contribution < -0.4 is 11.2 Å². The number of hydrogen-bond acceptors (Lipinski definition) is 4. The highest BCUT2D eigenvalue weighted by atomic mass is 35.5. The van der Waals surface area contributed by atoms with Crippen LogP contribution in [0.4, 0.5) is 9.18 Å². The Morgan fingerprint density at radius 3 is 2.77 bits per heavy atom. The van der Waals surface area contributed by atoms with Crippen LogP contribution in [0, 0.1) is 5.82 Å². The number of hydrogen-bond donors (Lipinski definition) is 1. The van der Waals surface area contributed by atoms with E-state index < -0.39 is 23.2 Å². The van der Waals surface area contributed by atoms with Gasteiger partial charge in [0.1, 0.15) is 5.82 Å². The minimum atomic E-state index is -0.729. The maximum atomic E-state index is 13.4. The molecule has 2 aromatic rings. The van der Waals surface area contributed by atoms with Crippen molar-refractivity contribution in [2.45, 2.75) is 6.54 Å². The van der Waals surface area contributed by atoms with E-state index in [2.05, 4.69) is 9.72 Å². The molecule has 0 saturated carbocycles. The molecule has 0 aliphatic rings. The molecule has 0 saturated heterocycles. The number of carbonyl (C=O) groups excluding carboxylic acids is 1. The van der Waals surface area contributed by atoms with Gasteiger partial charge in [-0.15, -0.1) is 0 Å². The van der Waals surface area contributed by atoms with Crippen LogP contribution in [-0.4, -0.2) is 41.2 Å². The molecule has 2 rings (SSSR count). The summed E-state index contributed by atoms with van der Waals surface area (Å²) in [6.07, 6.45) is -0.588. The Labute approximate surface area is 128 Å². The first kappa shape index (κ1) is 16.0. The number of halogens is 2. The Hall–Kier alpha value is -2.35. The molecule has 0 aliphatic heterocycles. The Morgan fingerprint density at radius 1 is 1.45 bits per heavy atom. The largest absolute Gasteiger partial charge is 0.453 e. The van der Waals surface area contributed by atoms with Gasteiger partial charge in [-0.25, -0.2) is 14.0 Å². The topological polar surface area (TPSA) is 84.4 Å². The molecule has 1 aromatic heterocycles. The third kappa shape index (κ3) is 2.96. The first-order valence-electron chi connectivity index (χ1n) is 6.26. The van der Waals surface area contributed by atoms with Crippen LogP contribution in [0.5, 0.6) is 0 Å². The summed E-state index contributed by atoms with van der Waals surface area (Å²) in [6, 6.07) is 2.15. The summed E-state index contributed by atoms with van der Waals surface area (Å²) in [4.78, 5) is 39.1. The molecule has 118 valence electrons. The molecular weight excluding hydrogens is 317 g/mol. The van der Waals surface area contributed by atoms with E-state index in [1.165, 1.54) is 19.1 Å². The van der Waals surface area contributed by atoms with Gasteiger partial charge in [0.25, 0.3) is 5.56 Å². The molecular formula is C13H13ClFN3O4. The molecule has 0 unspecified atom stereocenters. The summed E-state index contributed by atoms with van der Waals surface area (Å²) in [5.41, 5.74) is -1.24. The van der Waals surface area contributed by atoms with Crippen LogP contribution >= 0.6 is 11.6 Å². The van der Waals surface area contributed by atoms with Crippen molar-refractivity contribution in [1.29, 1.82) is 0 Å². The van der Waals surface area contributed by atoms with Gasteiger partial charge in [-0.2, -0.15) is 0 Å². The molecule has 22 heavy (non-hydrogen) atoms. The first-order chi connectivity index (χ1) is 10.3. The number of benzene rings is 1. The maximum absolute atomic E-state index is 13.4. The fourth-order valence-electron chi connectivity index (χ4n) is 1.95. The summed E-state index contributed by atoms with van der Waals surface area (Å²) in [5, 5.41) is -0.124. The number of aromatic amines is 1. The molecule has 1 heterocycles. The Bertz CT molecular complexity index is 846. The van der Waals surface area contributed by atoms with Crippen molar-refractivity contribution >= 4 is 28.6 Å². The zero-order valence-corrected chi connectivity index (χ0v) is 12.6. The lowest BCUT2D eigenvalue weighted by atomic mass is 10.2. The number of methoxy groups -OCH3 is 1. The molecule has 0 radical (unpaired) electrons. The summed E-state index contributed by atoms with van der Waals surface area (Å²) in [5.74, 6) is -0.729. The van der Waals surface area contributed by atoms with Crippen molar-refractivity contribution in [3.05, 3.63) is 43.8 Å². The minimum absolute atomic E-state index is 0.0370. The van der Waals surface area contributed by atoms with Crippen molar-refractivity contribution in [1.82, 2.24) is 14.5 Å². The molecule has 0 spiro atoms. The molecule has 1 N–H and O–H groups in total. The van der Waals surface area contributed by atoms with E-state index in [1.807, 2.05) is 0 Å². The second-order valence-corrected chi connectivity index (χ2v) is 5.00. The van der Waals surface area contributed by atoms with Gasteiger partial charge in [0.05, 0.1) is 23.0 Å². The number of carbonyl (C=O) groups is 1. The highest BCUT2D eigenvalue weighted by Gasteiger charge is 2.13. The lowest BCUT2D eigenvalue weighted by Gasteiger charge is -2.15. The van der Waals surface area contributed by atoms with E-state index in [0.29, 0.717) is 0 Å². The smallest absolute Gasteiger partial charge is 0.409 e. The molecule has 0 aliphatic carbocycles. The fraction of sp³-hybridized carbons (Fsp3) is 0.308. The van der Waals surface area contributed by atoms with Crippen molar-refractivity contribution in [2.75, 3.05) is 20.7 Å². The molecule has 0 atom stereocenters. The van der Waals surface area contributed by atoms with Gasteiger partial charge in [0, 0.05) is 20.1 Å². The quantitative estimate of drug-likeness (QED) is 0.916. The average molecular weight is 330 g/mol. The maximum Gasteiger partial charge on any atom is 0.409 e. The van der Waals surface area contributed by atoms with Gasteiger partial charge >= 0.3 is 11.8 Å². The Balaban J connectivity index is 2.43. The molecule has 1 amide bonds. The summed E-state index contributed by atoms with van der Waals surface area (Å²) >= 11 is 5.66. The molecule has 1 aromatic carbocycles. The highest BCUT2D eigenvalue weighted by Crippen LogP contribution is 2.18. The van der Waals surface area contributed by atoms with Crippen LogP contribution in [0.25, 0.3) is 10.9 Å². The number of nitrogens with zero attached hydrogens (tertiary/aromatic N) is 2. The zero-order valence-electron chi connectivity index (χ0n) is 11.9. The van der Waals surface area contributed by atoms with Crippen LogP contribution in [0.15, 0.2) is 21.7 Å². The standard InChI is InChI=1S/C13H13ClFN3O4/c1-17(13(21)22-2)3-4-18-11(19)7-5-8(14)9(15)6-10(7)16-12(18)20/h5-6H,3-4H2,1-2H3,(H,16,20). The Kier molecular flexibility index (Phi) is 4.51. The average Bonchev–Trinajstić information content (AvgIpc) is 2.48. The van der Waals surface area contributed by atoms with Crippen molar-refractivity contribution < 1.29 is 13.9 Å². The van der Waals surface area contributed by atoms with Crippen LogP contribution in [0.2, 0.25) is 5.02 Å².